The van der Waals surface area contributed by atoms with Gasteiger partial charge in [-0.2, -0.15) is 0 Å². The Morgan fingerprint density at radius 1 is 1.47 bits per heavy atom. The number of rotatable bonds is 4. The van der Waals surface area contributed by atoms with E-state index in [0.29, 0.717) is 11.6 Å². The summed E-state index contributed by atoms with van der Waals surface area (Å²) in [5.41, 5.74) is -1.60. The van der Waals surface area contributed by atoms with Crippen LogP contribution < -0.4 is 5.32 Å². The molecule has 0 aliphatic carbocycles. The standard InChI is InChI=1S/C10H14N2O5/c1-5-7(17-6(2)12-5)8(13)11-4-10(3,16)9(14)15/h16H,4H2,1-3H3,(H,11,13)(H,14,15). The molecule has 0 aliphatic rings. The van der Waals surface area contributed by atoms with Crippen molar-refractivity contribution >= 4 is 11.9 Å². The molecule has 0 saturated heterocycles. The molecule has 17 heavy (non-hydrogen) atoms. The molecule has 1 aromatic heterocycles. The molecule has 0 radical (unpaired) electrons. The van der Waals surface area contributed by atoms with E-state index < -0.39 is 24.0 Å². The summed E-state index contributed by atoms with van der Waals surface area (Å²) in [4.78, 5) is 26.1. The van der Waals surface area contributed by atoms with Gasteiger partial charge in [-0.25, -0.2) is 9.78 Å². The highest BCUT2D eigenvalue weighted by Crippen LogP contribution is 2.09. The Hall–Kier alpha value is -1.89. The summed E-state index contributed by atoms with van der Waals surface area (Å²) in [6.07, 6.45) is 0. The lowest BCUT2D eigenvalue weighted by Gasteiger charge is -2.17. The number of carbonyl (C=O) groups excluding carboxylic acids is 1. The van der Waals surface area contributed by atoms with Crippen LogP contribution in [-0.4, -0.2) is 39.2 Å². The van der Waals surface area contributed by atoms with Crippen LogP contribution in [0.15, 0.2) is 4.42 Å². The van der Waals surface area contributed by atoms with Gasteiger partial charge in [-0.15, -0.1) is 0 Å². The second-order valence-corrected chi connectivity index (χ2v) is 3.91. The minimum absolute atomic E-state index is 0.0173. The molecule has 0 aromatic carbocycles. The van der Waals surface area contributed by atoms with Crippen LogP contribution >= 0.6 is 0 Å². The number of nitrogens with zero attached hydrogens (tertiary/aromatic N) is 1. The van der Waals surface area contributed by atoms with Crippen molar-refractivity contribution in [2.45, 2.75) is 26.4 Å². The third kappa shape index (κ3) is 3.04. The normalized spacial score (nSPS) is 14.1. The Morgan fingerprint density at radius 2 is 2.06 bits per heavy atom. The predicted molar refractivity (Wildman–Crippen MR) is 56.6 cm³/mol. The molecule has 7 heteroatoms. The Bertz CT molecular complexity index is 450. The number of hydrogen-bond donors (Lipinski definition) is 3. The van der Waals surface area contributed by atoms with Crippen molar-refractivity contribution in [3.05, 3.63) is 17.3 Å². The van der Waals surface area contributed by atoms with Crippen molar-refractivity contribution in [3.8, 4) is 0 Å². The van der Waals surface area contributed by atoms with Crippen LogP contribution in [0.5, 0.6) is 0 Å². The summed E-state index contributed by atoms with van der Waals surface area (Å²) in [5.74, 6) is -1.66. The fourth-order valence-corrected chi connectivity index (χ4v) is 1.15. The fraction of sp³-hybridized carbons (Fsp3) is 0.500. The van der Waals surface area contributed by atoms with E-state index in [0.717, 1.165) is 6.92 Å². The summed E-state index contributed by atoms with van der Waals surface area (Å²) < 4.78 is 5.05. The van der Waals surface area contributed by atoms with Crippen LogP contribution in [0.2, 0.25) is 0 Å². The number of oxazole rings is 1. The molecule has 0 spiro atoms. The number of amides is 1. The average molecular weight is 242 g/mol. The van der Waals surface area contributed by atoms with Gasteiger partial charge < -0.3 is 19.9 Å². The number of aliphatic carboxylic acids is 1. The number of carboxylic acids is 1. The van der Waals surface area contributed by atoms with E-state index in [1.165, 1.54) is 0 Å². The maximum Gasteiger partial charge on any atom is 0.337 e. The molecule has 1 unspecified atom stereocenters. The van der Waals surface area contributed by atoms with Gasteiger partial charge in [0.15, 0.2) is 11.5 Å². The molecule has 1 rings (SSSR count). The second kappa shape index (κ2) is 4.54. The molecular weight excluding hydrogens is 228 g/mol. The lowest BCUT2D eigenvalue weighted by Crippen LogP contribution is -2.46. The van der Waals surface area contributed by atoms with Crippen LogP contribution in [0, 0.1) is 13.8 Å². The zero-order chi connectivity index (χ0) is 13.2. The van der Waals surface area contributed by atoms with E-state index in [9.17, 15) is 14.7 Å². The van der Waals surface area contributed by atoms with Gasteiger partial charge in [0.25, 0.3) is 5.91 Å². The molecule has 0 saturated carbocycles. The van der Waals surface area contributed by atoms with Crippen LogP contribution in [0.25, 0.3) is 0 Å². The van der Waals surface area contributed by atoms with Gasteiger partial charge in [-0.3, -0.25) is 4.79 Å². The van der Waals surface area contributed by atoms with Gasteiger partial charge >= 0.3 is 5.97 Å². The van der Waals surface area contributed by atoms with Crippen molar-refractivity contribution in [2.75, 3.05) is 6.54 Å². The number of hydrogen-bond acceptors (Lipinski definition) is 5. The third-order valence-electron chi connectivity index (χ3n) is 2.16. The summed E-state index contributed by atoms with van der Waals surface area (Å²) in [7, 11) is 0. The first-order valence-electron chi connectivity index (χ1n) is 4.92. The number of carbonyl (C=O) groups is 2. The summed E-state index contributed by atoms with van der Waals surface area (Å²) in [6.45, 7) is 3.87. The van der Waals surface area contributed by atoms with Gasteiger partial charge in [-0.1, -0.05) is 0 Å². The molecule has 1 heterocycles. The maximum absolute atomic E-state index is 11.6. The number of carboxylic acid groups (broad SMARTS) is 1. The van der Waals surface area contributed by atoms with E-state index in [-0.39, 0.29) is 5.76 Å². The van der Waals surface area contributed by atoms with Gasteiger partial charge in [0, 0.05) is 6.92 Å². The highest BCUT2D eigenvalue weighted by atomic mass is 16.4. The lowest BCUT2D eigenvalue weighted by atomic mass is 10.1. The molecule has 1 amide bonds. The SMILES string of the molecule is Cc1nc(C)c(C(=O)NCC(C)(O)C(=O)O)o1. The quantitative estimate of drug-likeness (QED) is 0.677. The number of aromatic nitrogens is 1. The van der Waals surface area contributed by atoms with E-state index in [2.05, 4.69) is 10.3 Å². The highest BCUT2D eigenvalue weighted by molar-refractivity contribution is 5.92. The van der Waals surface area contributed by atoms with Gasteiger partial charge in [0.05, 0.1) is 12.2 Å². The first kappa shape index (κ1) is 13.2. The molecule has 7 nitrogen and oxygen atoms in total. The van der Waals surface area contributed by atoms with Crippen LogP contribution in [0.1, 0.15) is 29.1 Å². The second-order valence-electron chi connectivity index (χ2n) is 3.91. The Labute approximate surface area is 97.5 Å². The maximum atomic E-state index is 11.6. The zero-order valence-corrected chi connectivity index (χ0v) is 9.77. The van der Waals surface area contributed by atoms with Crippen molar-refractivity contribution < 1.29 is 24.2 Å². The van der Waals surface area contributed by atoms with E-state index in [4.69, 9.17) is 9.52 Å². The number of nitrogens with one attached hydrogen (secondary N) is 1. The zero-order valence-electron chi connectivity index (χ0n) is 9.77. The van der Waals surface area contributed by atoms with Gasteiger partial charge in [0.2, 0.25) is 5.76 Å². The third-order valence-corrected chi connectivity index (χ3v) is 2.16. The molecule has 0 aliphatic heterocycles. The first-order valence-corrected chi connectivity index (χ1v) is 4.92. The Balaban J connectivity index is 2.68. The molecule has 0 bridgehead atoms. The van der Waals surface area contributed by atoms with Crippen molar-refractivity contribution in [1.29, 1.82) is 0 Å². The van der Waals surface area contributed by atoms with Gasteiger partial charge in [-0.05, 0) is 13.8 Å². The molecule has 0 fully saturated rings. The van der Waals surface area contributed by atoms with E-state index >= 15 is 0 Å². The lowest BCUT2D eigenvalue weighted by molar-refractivity contribution is -0.155. The van der Waals surface area contributed by atoms with Crippen LogP contribution in [0.3, 0.4) is 0 Å². The number of aryl methyl sites for hydroxylation is 2. The topological polar surface area (TPSA) is 113 Å². The minimum Gasteiger partial charge on any atom is -0.479 e. The summed E-state index contributed by atoms with van der Waals surface area (Å²) in [5, 5.41) is 20.3. The molecule has 94 valence electrons. The van der Waals surface area contributed by atoms with Crippen molar-refractivity contribution in [2.24, 2.45) is 0 Å². The predicted octanol–water partition coefficient (Wildman–Crippen LogP) is -0.143. The van der Waals surface area contributed by atoms with E-state index in [1.807, 2.05) is 0 Å². The molecular formula is C10H14N2O5. The highest BCUT2D eigenvalue weighted by Gasteiger charge is 2.31. The summed E-state index contributed by atoms with van der Waals surface area (Å²) in [6, 6.07) is 0. The molecule has 1 atom stereocenters. The van der Waals surface area contributed by atoms with E-state index in [1.54, 1.807) is 13.8 Å². The summed E-state index contributed by atoms with van der Waals surface area (Å²) >= 11 is 0. The van der Waals surface area contributed by atoms with Crippen molar-refractivity contribution in [1.82, 2.24) is 10.3 Å². The minimum atomic E-state index is -2.02. The van der Waals surface area contributed by atoms with Crippen molar-refractivity contribution in [3.63, 3.8) is 0 Å². The largest absolute Gasteiger partial charge is 0.479 e. The number of aliphatic hydroxyl groups is 1. The molecule has 3 N–H and O–H groups in total. The first-order chi connectivity index (χ1) is 7.74. The fourth-order valence-electron chi connectivity index (χ4n) is 1.15. The monoisotopic (exact) mass is 242 g/mol. The smallest absolute Gasteiger partial charge is 0.337 e. The van der Waals surface area contributed by atoms with Gasteiger partial charge in [0.1, 0.15) is 0 Å². The molecule has 1 aromatic rings. The average Bonchev–Trinajstić information content (AvgIpc) is 2.54. The van der Waals surface area contributed by atoms with Crippen LogP contribution in [-0.2, 0) is 4.79 Å². The van der Waals surface area contributed by atoms with Crippen LogP contribution in [0.4, 0.5) is 0 Å². The Kier molecular flexibility index (Phi) is 3.52. The Morgan fingerprint density at radius 3 is 2.47 bits per heavy atom.